The monoisotopic (exact) mass is 600 g/mol. The van der Waals surface area contributed by atoms with E-state index in [1.807, 2.05) is 44.2 Å². The zero-order valence-corrected chi connectivity index (χ0v) is 25.5. The van der Waals surface area contributed by atoms with Gasteiger partial charge >= 0.3 is 6.09 Å². The van der Waals surface area contributed by atoms with Crippen LogP contribution in [0.1, 0.15) is 45.1 Å². The van der Waals surface area contributed by atoms with Crippen LogP contribution in [-0.4, -0.2) is 75.1 Å². The molecule has 2 aromatic carbocycles. The largest absolute Gasteiger partial charge is 0.497 e. The van der Waals surface area contributed by atoms with Crippen LogP contribution in [0.25, 0.3) is 0 Å². The first kappa shape index (κ1) is 30.8. The maximum atomic E-state index is 13.7. The van der Waals surface area contributed by atoms with Gasteiger partial charge < -0.3 is 24.6 Å². The molecule has 2 aliphatic carbocycles. The number of amides is 1. The lowest BCUT2D eigenvalue weighted by Gasteiger charge is -2.33. The molecule has 7 atom stereocenters. The van der Waals surface area contributed by atoms with Gasteiger partial charge in [-0.05, 0) is 73.3 Å². The van der Waals surface area contributed by atoms with E-state index in [4.69, 9.17) is 14.2 Å². The number of hydrogen-bond donors (Lipinski definition) is 2. The fourth-order valence-electron chi connectivity index (χ4n) is 7.07. The number of aliphatic hydroxyl groups is 1. The van der Waals surface area contributed by atoms with Gasteiger partial charge in [0.25, 0.3) is 0 Å². The quantitative estimate of drug-likeness (QED) is 0.375. The third-order valence-corrected chi connectivity index (χ3v) is 10.9. The second-order valence-electron chi connectivity index (χ2n) is 12.4. The Morgan fingerprint density at radius 3 is 2.52 bits per heavy atom. The summed E-state index contributed by atoms with van der Waals surface area (Å²) >= 11 is 0. The topological polar surface area (TPSA) is 114 Å². The lowest BCUT2D eigenvalue weighted by molar-refractivity contribution is -0.00408. The van der Waals surface area contributed by atoms with Gasteiger partial charge in [0.15, 0.2) is 0 Å². The zero-order valence-electron chi connectivity index (χ0n) is 24.7. The van der Waals surface area contributed by atoms with Crippen LogP contribution in [0, 0.1) is 23.7 Å². The van der Waals surface area contributed by atoms with Gasteiger partial charge in [-0.2, -0.15) is 4.31 Å². The number of ether oxygens (including phenoxy) is 3. The number of nitrogens with one attached hydrogen (secondary N) is 1. The Kier molecular flexibility index (Phi) is 9.77. The molecule has 3 aliphatic rings. The molecule has 230 valence electrons. The highest BCUT2D eigenvalue weighted by Gasteiger charge is 2.53. The van der Waals surface area contributed by atoms with Crippen molar-refractivity contribution < 1.29 is 32.5 Å². The summed E-state index contributed by atoms with van der Waals surface area (Å²) in [6.45, 7) is 4.62. The summed E-state index contributed by atoms with van der Waals surface area (Å²) in [6, 6.07) is 15.0. The van der Waals surface area contributed by atoms with Gasteiger partial charge in [0.1, 0.15) is 11.9 Å². The lowest BCUT2D eigenvalue weighted by atomic mass is 9.77. The lowest BCUT2D eigenvalue weighted by Crippen LogP contribution is -2.51. The number of sulfonamides is 1. The molecule has 42 heavy (non-hydrogen) atoms. The molecule has 3 fully saturated rings. The van der Waals surface area contributed by atoms with Crippen molar-refractivity contribution in [2.24, 2.45) is 23.7 Å². The molecule has 0 radical (unpaired) electrons. The van der Waals surface area contributed by atoms with Gasteiger partial charge in [-0.1, -0.05) is 50.6 Å². The average molecular weight is 601 g/mol. The normalized spacial score (nSPS) is 26.6. The van der Waals surface area contributed by atoms with E-state index >= 15 is 0 Å². The molecule has 9 nitrogen and oxygen atoms in total. The first-order valence-electron chi connectivity index (χ1n) is 15.1. The molecular weight excluding hydrogens is 556 g/mol. The Hall–Kier alpha value is -2.66. The molecule has 5 rings (SSSR count). The Bertz CT molecular complexity index is 1290. The predicted octanol–water partition coefficient (Wildman–Crippen LogP) is 4.24. The van der Waals surface area contributed by atoms with E-state index in [1.54, 1.807) is 12.1 Å². The van der Waals surface area contributed by atoms with Crippen LogP contribution in [0.3, 0.4) is 0 Å². The number of carbonyl (C=O) groups is 1. The number of hydrogen-bond acceptors (Lipinski definition) is 7. The summed E-state index contributed by atoms with van der Waals surface area (Å²) in [6.07, 6.45) is 2.65. The zero-order chi connectivity index (χ0) is 29.9. The van der Waals surface area contributed by atoms with E-state index in [-0.39, 0.29) is 36.1 Å². The second-order valence-corrected chi connectivity index (χ2v) is 14.3. The molecule has 1 heterocycles. The predicted molar refractivity (Wildman–Crippen MR) is 159 cm³/mol. The van der Waals surface area contributed by atoms with Crippen molar-refractivity contribution in [2.75, 3.05) is 26.8 Å². The van der Waals surface area contributed by atoms with Crippen molar-refractivity contribution >= 4 is 16.1 Å². The number of aliphatic hydroxyl groups excluding tert-OH is 1. The van der Waals surface area contributed by atoms with Crippen molar-refractivity contribution in [3.8, 4) is 5.75 Å². The van der Waals surface area contributed by atoms with Crippen molar-refractivity contribution in [3.05, 3.63) is 60.2 Å². The summed E-state index contributed by atoms with van der Waals surface area (Å²) in [5, 5.41) is 14.4. The van der Waals surface area contributed by atoms with Gasteiger partial charge in [0, 0.05) is 19.0 Å². The first-order chi connectivity index (χ1) is 20.2. The highest BCUT2D eigenvalue weighted by atomic mass is 32.2. The average Bonchev–Trinajstić information content (AvgIpc) is 3.55. The summed E-state index contributed by atoms with van der Waals surface area (Å²) in [5.74, 6) is 1.75. The van der Waals surface area contributed by atoms with E-state index < -0.39 is 28.3 Å². The van der Waals surface area contributed by atoms with Crippen LogP contribution in [0.4, 0.5) is 4.79 Å². The number of alkyl carbamates (subject to hydrolysis) is 1. The number of benzene rings is 2. The molecule has 0 spiro atoms. The van der Waals surface area contributed by atoms with Crippen LogP contribution >= 0.6 is 0 Å². The maximum absolute atomic E-state index is 13.7. The molecule has 2 N–H and O–H groups in total. The fraction of sp³-hybridized carbons (Fsp3) is 0.594. The molecule has 1 amide bonds. The van der Waals surface area contributed by atoms with Crippen LogP contribution in [0.2, 0.25) is 0 Å². The van der Waals surface area contributed by atoms with Gasteiger partial charge in [0.05, 0.1) is 36.9 Å². The summed E-state index contributed by atoms with van der Waals surface area (Å²) in [5.41, 5.74) is 0.915. The molecule has 1 aliphatic heterocycles. The fourth-order valence-corrected chi connectivity index (χ4v) is 8.70. The highest BCUT2D eigenvalue weighted by Crippen LogP contribution is 2.51. The van der Waals surface area contributed by atoms with E-state index in [9.17, 15) is 18.3 Å². The Labute approximate surface area is 249 Å². The van der Waals surface area contributed by atoms with Gasteiger partial charge in [0.2, 0.25) is 10.0 Å². The Balaban J connectivity index is 1.31. The van der Waals surface area contributed by atoms with Gasteiger partial charge in [-0.15, -0.1) is 0 Å². The van der Waals surface area contributed by atoms with E-state index in [0.717, 1.165) is 37.9 Å². The van der Waals surface area contributed by atoms with E-state index in [2.05, 4.69) is 5.32 Å². The Morgan fingerprint density at radius 1 is 1.10 bits per heavy atom. The van der Waals surface area contributed by atoms with E-state index in [0.29, 0.717) is 29.9 Å². The summed E-state index contributed by atoms with van der Waals surface area (Å²) in [4.78, 5) is 13.4. The molecule has 0 bridgehead atoms. The first-order valence-corrected chi connectivity index (χ1v) is 16.5. The van der Waals surface area contributed by atoms with Gasteiger partial charge in [-0.25, -0.2) is 13.2 Å². The third-order valence-electron chi connectivity index (χ3n) is 9.01. The molecule has 0 aromatic heterocycles. The van der Waals surface area contributed by atoms with Crippen molar-refractivity contribution in [1.29, 1.82) is 0 Å². The molecule has 10 heteroatoms. The van der Waals surface area contributed by atoms with Crippen molar-refractivity contribution in [1.82, 2.24) is 9.62 Å². The number of methoxy groups -OCH3 is 1. The summed E-state index contributed by atoms with van der Waals surface area (Å²) in [7, 11) is -2.40. The minimum atomic E-state index is -3.93. The SMILES string of the molecule is COc1ccc(S(=O)(=O)N(CC(C)C)C[C@@H](O)[C@H](Cc2ccccc2)NC(=O)O[C@@H]2C[C@@H]3CO[C@@H]4CCC[C@H]2[C@H]34)cc1. The van der Waals surface area contributed by atoms with E-state index in [1.165, 1.54) is 23.5 Å². The molecule has 1 saturated heterocycles. The van der Waals surface area contributed by atoms with Crippen LogP contribution < -0.4 is 10.1 Å². The molecule has 2 saturated carbocycles. The summed E-state index contributed by atoms with van der Waals surface area (Å²) < 4.78 is 45.9. The highest BCUT2D eigenvalue weighted by molar-refractivity contribution is 7.89. The minimum absolute atomic E-state index is 0.0147. The number of rotatable bonds is 12. The second kappa shape index (κ2) is 13.3. The Morgan fingerprint density at radius 2 is 1.83 bits per heavy atom. The number of carbonyl (C=O) groups excluding carboxylic acids is 1. The maximum Gasteiger partial charge on any atom is 0.407 e. The van der Waals surface area contributed by atoms with Crippen LogP contribution in [-0.2, 0) is 25.9 Å². The molecular formula is C32H44N2O7S. The van der Waals surface area contributed by atoms with Gasteiger partial charge in [-0.3, -0.25) is 0 Å². The molecule has 0 unspecified atom stereocenters. The number of nitrogens with zero attached hydrogens (tertiary/aromatic N) is 1. The van der Waals surface area contributed by atoms with Crippen molar-refractivity contribution in [2.45, 2.75) is 75.2 Å². The van der Waals surface area contributed by atoms with Crippen LogP contribution in [0.15, 0.2) is 59.5 Å². The molecule has 2 aromatic rings. The smallest absolute Gasteiger partial charge is 0.407 e. The third kappa shape index (κ3) is 6.93. The van der Waals surface area contributed by atoms with Crippen LogP contribution in [0.5, 0.6) is 5.75 Å². The van der Waals surface area contributed by atoms with Crippen molar-refractivity contribution in [3.63, 3.8) is 0 Å². The standard InChI is InChI=1S/C32H44N2O7S/c1-21(2)18-34(42(37,38)25-14-12-24(39-3)13-15-25)19-28(35)27(16-22-8-5-4-6-9-22)33-32(36)41-30-17-23-20-40-29-11-7-10-26(30)31(23)29/h4-6,8-9,12-15,21,23,26-31,35H,7,10-11,16-20H2,1-3H3,(H,33,36)/t23-,26-,27+,28-,29-,30-,31+/m1/s1. The minimum Gasteiger partial charge on any atom is -0.497 e.